The number of esters is 1. The zero-order valence-corrected chi connectivity index (χ0v) is 17.1. The fourth-order valence-corrected chi connectivity index (χ4v) is 3.64. The molecule has 0 atom stereocenters. The molecular weight excluding hydrogens is 352 g/mol. The summed E-state index contributed by atoms with van der Waals surface area (Å²) in [5, 5.41) is 18.1. The Balaban J connectivity index is 2.50. The van der Waals surface area contributed by atoms with Gasteiger partial charge in [0.15, 0.2) is 0 Å². The Bertz CT molecular complexity index is 977. The first kappa shape index (κ1) is 21.1. The van der Waals surface area contributed by atoms with Crippen molar-refractivity contribution in [1.82, 2.24) is 9.97 Å². The minimum absolute atomic E-state index is 0.0631. The smallest absolute Gasteiger partial charge is 0.355 e. The van der Waals surface area contributed by atoms with E-state index in [9.17, 15) is 4.79 Å². The molecule has 0 saturated heterocycles. The Morgan fingerprint density at radius 3 is 2.11 bits per heavy atom. The maximum absolute atomic E-state index is 12.2. The van der Waals surface area contributed by atoms with Gasteiger partial charge in [-0.3, -0.25) is 0 Å². The quantitative estimate of drug-likeness (QED) is 0.554. The molecule has 0 aliphatic heterocycles. The van der Waals surface area contributed by atoms with Crippen LogP contribution < -0.4 is 0 Å². The highest BCUT2D eigenvalue weighted by atomic mass is 16.5. The van der Waals surface area contributed by atoms with E-state index in [4.69, 9.17) is 15.3 Å². The van der Waals surface area contributed by atoms with Crippen molar-refractivity contribution < 1.29 is 9.53 Å². The topological polar surface area (TPSA) is 105 Å². The van der Waals surface area contributed by atoms with Crippen molar-refractivity contribution in [3.63, 3.8) is 0 Å². The lowest BCUT2D eigenvalue weighted by Crippen LogP contribution is -2.06. The summed E-state index contributed by atoms with van der Waals surface area (Å²) in [6, 6.07) is 3.80. The number of ether oxygens (including phenoxy) is 1. The molecule has 2 heterocycles. The van der Waals surface area contributed by atoms with Gasteiger partial charge >= 0.3 is 5.97 Å². The number of allylic oxidation sites excluding steroid dienone is 1. The Kier molecular flexibility index (Phi) is 6.84. The summed E-state index contributed by atoms with van der Waals surface area (Å²) < 4.78 is 5.16. The normalized spacial score (nSPS) is 10.2. The standard InChI is InChI=1S/C22H26N4O2/c1-6-16-13(4)18(9-15(11-23)12-24)25-19(16)10-20-17(7-2)14(5)21(26-20)22(27)28-8-3/h9,25-26H,6-8,10H2,1-5H3. The summed E-state index contributed by atoms with van der Waals surface area (Å²) in [7, 11) is 0. The van der Waals surface area contributed by atoms with Gasteiger partial charge in [0.2, 0.25) is 0 Å². The second-order valence-electron chi connectivity index (χ2n) is 6.59. The molecule has 146 valence electrons. The van der Waals surface area contributed by atoms with Gasteiger partial charge < -0.3 is 14.7 Å². The van der Waals surface area contributed by atoms with E-state index in [1.165, 1.54) is 0 Å². The number of carbonyl (C=O) groups is 1. The average molecular weight is 378 g/mol. The number of nitrogens with zero attached hydrogens (tertiary/aromatic N) is 2. The predicted octanol–water partition coefficient (Wildman–Crippen LogP) is 4.28. The number of hydrogen-bond acceptors (Lipinski definition) is 4. The average Bonchev–Trinajstić information content (AvgIpc) is 3.15. The third-order valence-electron chi connectivity index (χ3n) is 5.04. The molecular formula is C22H26N4O2. The minimum atomic E-state index is -0.337. The number of carbonyl (C=O) groups excluding carboxylic acids is 1. The van der Waals surface area contributed by atoms with Crippen LogP contribution >= 0.6 is 0 Å². The number of rotatable bonds is 7. The fraction of sp³-hybridized carbons (Fsp3) is 0.409. The van der Waals surface area contributed by atoms with Gasteiger partial charge in [0.05, 0.1) is 6.61 Å². The molecule has 2 aromatic rings. The van der Waals surface area contributed by atoms with Crippen LogP contribution in [0.1, 0.15) is 70.6 Å². The third kappa shape index (κ3) is 4.02. The Hall–Kier alpha value is -3.25. The molecule has 28 heavy (non-hydrogen) atoms. The van der Waals surface area contributed by atoms with Crippen molar-refractivity contribution in [3.05, 3.63) is 50.6 Å². The monoisotopic (exact) mass is 378 g/mol. The van der Waals surface area contributed by atoms with Gasteiger partial charge in [-0.05, 0) is 61.9 Å². The Morgan fingerprint density at radius 2 is 1.57 bits per heavy atom. The predicted molar refractivity (Wildman–Crippen MR) is 108 cm³/mol. The number of nitrogens with one attached hydrogen (secondary N) is 2. The van der Waals surface area contributed by atoms with Crippen molar-refractivity contribution in [3.8, 4) is 12.1 Å². The van der Waals surface area contributed by atoms with Gasteiger partial charge in [-0.1, -0.05) is 13.8 Å². The van der Waals surface area contributed by atoms with Crippen LogP contribution in [0.2, 0.25) is 0 Å². The van der Waals surface area contributed by atoms with Crippen LogP contribution in [-0.4, -0.2) is 22.5 Å². The maximum atomic E-state index is 12.2. The summed E-state index contributed by atoms with van der Waals surface area (Å²) in [5.41, 5.74) is 7.58. The van der Waals surface area contributed by atoms with Crippen LogP contribution in [0.5, 0.6) is 0 Å². The van der Waals surface area contributed by atoms with Crippen molar-refractivity contribution in [1.29, 1.82) is 10.5 Å². The summed E-state index contributed by atoms with van der Waals surface area (Å²) >= 11 is 0. The van der Waals surface area contributed by atoms with Gasteiger partial charge in [0, 0.05) is 23.5 Å². The van der Waals surface area contributed by atoms with E-state index >= 15 is 0 Å². The molecule has 0 amide bonds. The first-order chi connectivity index (χ1) is 13.4. The number of nitriles is 2. The van der Waals surface area contributed by atoms with Crippen LogP contribution in [0.15, 0.2) is 5.57 Å². The second-order valence-corrected chi connectivity index (χ2v) is 6.59. The lowest BCUT2D eigenvalue weighted by atomic mass is 10.0. The van der Waals surface area contributed by atoms with E-state index in [-0.39, 0.29) is 11.5 Å². The van der Waals surface area contributed by atoms with E-state index < -0.39 is 0 Å². The highest BCUT2D eigenvalue weighted by Crippen LogP contribution is 2.27. The van der Waals surface area contributed by atoms with Gasteiger partial charge in [-0.15, -0.1) is 0 Å². The molecule has 6 heteroatoms. The first-order valence-electron chi connectivity index (χ1n) is 9.51. The van der Waals surface area contributed by atoms with Crippen molar-refractivity contribution in [2.24, 2.45) is 0 Å². The molecule has 0 fully saturated rings. The van der Waals surface area contributed by atoms with Crippen LogP contribution in [0.25, 0.3) is 6.08 Å². The zero-order chi connectivity index (χ0) is 20.8. The van der Waals surface area contributed by atoms with E-state index in [1.54, 1.807) is 13.0 Å². The third-order valence-corrected chi connectivity index (χ3v) is 5.04. The van der Waals surface area contributed by atoms with E-state index in [1.807, 2.05) is 26.0 Å². The highest BCUT2D eigenvalue weighted by molar-refractivity contribution is 5.89. The molecule has 0 aromatic carbocycles. The number of H-pyrrole nitrogens is 2. The van der Waals surface area contributed by atoms with Gasteiger partial charge in [-0.2, -0.15) is 10.5 Å². The SMILES string of the molecule is CCOC(=O)c1[nH]c(Cc2[nH]c(C=C(C#N)C#N)c(C)c2CC)c(CC)c1C. The zero-order valence-electron chi connectivity index (χ0n) is 17.1. The summed E-state index contributed by atoms with van der Waals surface area (Å²) in [6.45, 7) is 10.2. The number of hydrogen-bond donors (Lipinski definition) is 2. The van der Waals surface area contributed by atoms with Crippen LogP contribution in [-0.2, 0) is 24.0 Å². The molecule has 0 bridgehead atoms. The molecule has 0 saturated carbocycles. The first-order valence-corrected chi connectivity index (χ1v) is 9.51. The van der Waals surface area contributed by atoms with E-state index in [0.29, 0.717) is 18.7 Å². The van der Waals surface area contributed by atoms with E-state index in [0.717, 1.165) is 52.2 Å². The second kappa shape index (κ2) is 9.10. The largest absolute Gasteiger partial charge is 0.461 e. The van der Waals surface area contributed by atoms with Gasteiger partial charge in [0.25, 0.3) is 0 Å². The maximum Gasteiger partial charge on any atom is 0.355 e. The van der Waals surface area contributed by atoms with E-state index in [2.05, 4.69) is 23.8 Å². The van der Waals surface area contributed by atoms with Crippen molar-refractivity contribution >= 4 is 12.0 Å². The molecule has 0 spiro atoms. The Labute approximate surface area is 165 Å². The van der Waals surface area contributed by atoms with Crippen molar-refractivity contribution in [2.45, 2.75) is 53.9 Å². The minimum Gasteiger partial charge on any atom is -0.461 e. The number of aromatic nitrogens is 2. The van der Waals surface area contributed by atoms with Crippen LogP contribution in [0.3, 0.4) is 0 Å². The van der Waals surface area contributed by atoms with Crippen LogP contribution in [0.4, 0.5) is 0 Å². The molecule has 2 aromatic heterocycles. The van der Waals surface area contributed by atoms with Gasteiger partial charge in [0.1, 0.15) is 23.4 Å². The highest BCUT2D eigenvalue weighted by Gasteiger charge is 2.21. The lowest BCUT2D eigenvalue weighted by Gasteiger charge is -2.05. The molecule has 6 nitrogen and oxygen atoms in total. The molecule has 2 N–H and O–H groups in total. The molecule has 0 radical (unpaired) electrons. The molecule has 0 aliphatic carbocycles. The number of aromatic amines is 2. The lowest BCUT2D eigenvalue weighted by molar-refractivity contribution is 0.0519. The Morgan fingerprint density at radius 1 is 1.00 bits per heavy atom. The summed E-state index contributed by atoms with van der Waals surface area (Å²) in [6.07, 6.45) is 3.82. The van der Waals surface area contributed by atoms with Gasteiger partial charge in [-0.25, -0.2) is 4.79 Å². The summed E-state index contributed by atoms with van der Waals surface area (Å²) in [5.74, 6) is -0.337. The van der Waals surface area contributed by atoms with Crippen LogP contribution in [0, 0.1) is 36.5 Å². The molecule has 2 rings (SSSR count). The molecule has 0 unspecified atom stereocenters. The molecule has 0 aliphatic rings. The van der Waals surface area contributed by atoms with Crippen molar-refractivity contribution in [2.75, 3.05) is 6.61 Å². The summed E-state index contributed by atoms with van der Waals surface area (Å²) in [4.78, 5) is 18.9. The fourth-order valence-electron chi connectivity index (χ4n) is 3.64.